The molecule has 318 valence electrons. The molecule has 0 radical (unpaired) electrons. The molecule has 65 heavy (non-hydrogen) atoms. The van der Waals surface area contributed by atoms with E-state index in [1.807, 2.05) is 0 Å². The van der Waals surface area contributed by atoms with Crippen LogP contribution in [0.1, 0.15) is 95.2 Å². The minimum atomic E-state index is -1.19. The number of hydrogen-bond donors (Lipinski definition) is 0. The zero-order valence-corrected chi connectivity index (χ0v) is 36.3. The Kier molecular flexibility index (Phi) is 4.42. The van der Waals surface area contributed by atoms with Crippen molar-refractivity contribution in [1.29, 1.82) is 0 Å². The van der Waals surface area contributed by atoms with Crippen LogP contribution < -0.4 is 9.80 Å². The monoisotopic (exact) mass is 893 g/mol. The van der Waals surface area contributed by atoms with Gasteiger partial charge < -0.3 is 23.2 Å². The Labute approximate surface area is 421 Å². The van der Waals surface area contributed by atoms with Crippen molar-refractivity contribution >= 4 is 100 Å². The molecular formula is C59H48ClN3O2. The first-order valence-electron chi connectivity index (χ1n) is 33.8. The summed E-state index contributed by atoms with van der Waals surface area (Å²) in [6.45, 7) is 11.4. The maximum Gasteiger partial charge on any atom is 0.159 e. The number of para-hydroxylation sites is 4. The molecule has 11 aromatic rings. The van der Waals surface area contributed by atoms with Gasteiger partial charge in [0.05, 0.1) is 91.5 Å². The molecule has 4 heterocycles. The van der Waals surface area contributed by atoms with E-state index in [0.29, 0.717) is 0 Å². The molecule has 0 spiro atoms. The molecule has 0 saturated carbocycles. The number of furan rings is 2. The quantitative estimate of drug-likeness (QED) is 0.173. The Hall–Kier alpha value is -7.21. The number of fused-ring (bicyclic) bond motifs is 9. The highest BCUT2D eigenvalue weighted by Crippen LogP contribution is 2.56. The number of rotatable bonds is 5. The predicted octanol–water partition coefficient (Wildman–Crippen LogP) is 17.9. The number of anilines is 6. The molecular weight excluding hydrogens is 818 g/mol. The molecule has 1 aliphatic heterocycles. The van der Waals surface area contributed by atoms with Gasteiger partial charge in [-0.2, -0.15) is 0 Å². The van der Waals surface area contributed by atoms with Crippen molar-refractivity contribution in [2.75, 3.05) is 9.80 Å². The highest BCUT2D eigenvalue weighted by atomic mass is 35.5. The average Bonchev–Trinajstić information content (AvgIpc) is 1.45. The molecule has 0 atom stereocenters. The summed E-state index contributed by atoms with van der Waals surface area (Å²) >= 11 is 7.97. The van der Waals surface area contributed by atoms with Crippen molar-refractivity contribution in [2.24, 2.45) is 0 Å². The summed E-state index contributed by atoms with van der Waals surface area (Å²) in [5, 5.41) is -2.89. The van der Waals surface area contributed by atoms with Crippen LogP contribution in [0.3, 0.4) is 0 Å². The fourth-order valence-electron chi connectivity index (χ4n) is 8.04. The van der Waals surface area contributed by atoms with Gasteiger partial charge in [0, 0.05) is 26.9 Å². The Morgan fingerprint density at radius 2 is 1.25 bits per heavy atom. The van der Waals surface area contributed by atoms with Crippen molar-refractivity contribution < 1.29 is 45.8 Å². The second-order valence-corrected chi connectivity index (χ2v) is 17.9. The summed E-state index contributed by atoms with van der Waals surface area (Å²) in [5.74, 6) is 0. The van der Waals surface area contributed by atoms with Gasteiger partial charge in [0.2, 0.25) is 0 Å². The van der Waals surface area contributed by atoms with Crippen molar-refractivity contribution in [2.45, 2.75) is 59.3 Å². The molecule has 0 fully saturated rings. The molecule has 1 aliphatic rings. The van der Waals surface area contributed by atoms with Crippen molar-refractivity contribution in [3.05, 3.63) is 185 Å². The number of hydrogen-bond acceptors (Lipinski definition) is 4. The maximum atomic E-state index is 10.4. The Morgan fingerprint density at radius 1 is 0.523 bits per heavy atom. The first-order valence-corrected chi connectivity index (χ1v) is 20.6. The zero-order chi connectivity index (χ0) is 68.0. The largest absolute Gasteiger partial charge is 0.462 e. The van der Waals surface area contributed by atoms with Crippen molar-refractivity contribution in [3.8, 4) is 16.8 Å². The van der Waals surface area contributed by atoms with E-state index < -0.39 is 251 Å². The van der Waals surface area contributed by atoms with Gasteiger partial charge in [-0.3, -0.25) is 0 Å². The molecule has 0 aliphatic carbocycles. The Morgan fingerprint density at radius 3 is 2.05 bits per heavy atom. The van der Waals surface area contributed by atoms with Crippen LogP contribution in [-0.4, -0.2) is 4.57 Å². The fraction of sp³-hybridized carbons (Fsp3) is 0.153. The molecule has 3 aromatic heterocycles. The van der Waals surface area contributed by atoms with Crippen LogP contribution in [0, 0.1) is 6.92 Å². The lowest BCUT2D eigenvalue weighted by Crippen LogP contribution is -2.21. The minimum absolute atomic E-state index is 0.0368. The van der Waals surface area contributed by atoms with E-state index in [0.717, 1.165) is 9.80 Å². The number of aromatic nitrogens is 1. The van der Waals surface area contributed by atoms with Gasteiger partial charge in [-0.1, -0.05) is 138 Å². The molecule has 0 saturated heterocycles. The van der Waals surface area contributed by atoms with Gasteiger partial charge >= 0.3 is 0 Å². The molecule has 6 heteroatoms. The van der Waals surface area contributed by atoms with Gasteiger partial charge in [-0.15, -0.1) is 0 Å². The van der Waals surface area contributed by atoms with Crippen molar-refractivity contribution in [1.82, 2.24) is 4.57 Å². The lowest BCUT2D eigenvalue weighted by molar-refractivity contribution is 0.590. The van der Waals surface area contributed by atoms with Gasteiger partial charge in [0.25, 0.3) is 0 Å². The lowest BCUT2D eigenvalue weighted by Gasteiger charge is -2.36. The van der Waals surface area contributed by atoms with Crippen LogP contribution >= 0.6 is 11.6 Å². The first-order chi connectivity index (χ1) is 42.6. The maximum absolute atomic E-state index is 10.4. The first kappa shape index (κ1) is 20.3. The van der Waals surface area contributed by atoms with E-state index in [1.54, 1.807) is 41.5 Å². The van der Waals surface area contributed by atoms with Crippen LogP contribution in [0.4, 0.5) is 34.1 Å². The lowest BCUT2D eigenvalue weighted by atomic mass is 9.84. The van der Waals surface area contributed by atoms with E-state index in [1.165, 1.54) is 11.5 Å². The standard InChI is InChI=1S/C59H48ClN3O2/c1-35-28-49(61-46-20-12-13-21-47(46)63-45-26-25-38(58(2,3)4)31-42(45)43-32-39(59(5,6)7)33-51(61)56(43)63)55(60)50(29-35)62(48-22-15-19-41-40-18-11-14-23-54(40)65-57(41)48)52-34-64-53-27-24-37(30-44(52)53)36-16-9-8-10-17-36/h8-34H,1-7H3/i8D,9D,10D,11D,12D,13D,14D,15D,16D,17D,18D,19D,20D,21D,22D,23D,24D,25D,26D,27D,28D,29D,30D,31D,32D,33D,34D. The van der Waals surface area contributed by atoms with Crippen LogP contribution in [0.15, 0.2) is 172 Å². The summed E-state index contributed by atoms with van der Waals surface area (Å²) in [6, 6.07) is -20.7. The Bertz CT molecular complexity index is 5300. The van der Waals surface area contributed by atoms with Gasteiger partial charge in [-0.25, -0.2) is 0 Å². The molecule has 0 amide bonds. The van der Waals surface area contributed by atoms with Gasteiger partial charge in [0.15, 0.2) is 5.58 Å². The second-order valence-electron chi connectivity index (χ2n) is 17.5. The topological polar surface area (TPSA) is 37.7 Å². The third-order valence-electron chi connectivity index (χ3n) is 11.1. The zero-order valence-electron chi connectivity index (χ0n) is 62.5. The van der Waals surface area contributed by atoms with E-state index in [-0.39, 0.29) is 50.7 Å². The van der Waals surface area contributed by atoms with Crippen LogP contribution in [0.2, 0.25) is 5.02 Å². The number of nitrogens with zero attached hydrogens (tertiary/aromatic N) is 3. The van der Waals surface area contributed by atoms with Crippen molar-refractivity contribution in [3.63, 3.8) is 0 Å². The van der Waals surface area contributed by atoms with E-state index in [2.05, 4.69) is 0 Å². The SMILES string of the molecule is [2H]c1oc2c([2H])c([2H])c(-c3c([2H])c([2H])c([2H])c([2H])c3[2H])c([2H])c2c1N(c1c([2H])c(C)c([2H])c(N2c3c([2H])c([2H])c([2H])c([2H])c3-n3c4c([2H])c([2H])c(C(C)(C)C)c([2H])c4c4c([2H])c(C(C)(C)C)c([2H])c2c43)c1Cl)c1c([2H])c([2H])c([2H])c2c1oc1c([2H])c([2H])c([2H])c([2H])c12. The van der Waals surface area contributed by atoms with E-state index in [4.69, 9.17) is 34.1 Å². The fourth-order valence-corrected chi connectivity index (χ4v) is 8.30. The van der Waals surface area contributed by atoms with E-state index >= 15 is 0 Å². The molecule has 5 nitrogen and oxygen atoms in total. The normalized spacial score (nSPS) is 18.7. The molecule has 0 bridgehead atoms. The average molecular weight is 894 g/mol. The van der Waals surface area contributed by atoms with E-state index in [9.17, 15) is 23.3 Å². The molecule has 12 rings (SSSR count). The molecule has 8 aromatic carbocycles. The third-order valence-corrected chi connectivity index (χ3v) is 11.5. The van der Waals surface area contributed by atoms with Crippen LogP contribution in [0.5, 0.6) is 0 Å². The number of halogens is 1. The summed E-state index contributed by atoms with van der Waals surface area (Å²) in [6.07, 6.45) is -1.11. The molecule has 0 unspecified atom stereocenters. The summed E-state index contributed by atoms with van der Waals surface area (Å²) in [7, 11) is 0. The second kappa shape index (κ2) is 14.1. The van der Waals surface area contributed by atoms with Gasteiger partial charge in [0.1, 0.15) is 18.8 Å². The minimum Gasteiger partial charge on any atom is -0.462 e. The summed E-state index contributed by atoms with van der Waals surface area (Å²) in [4.78, 5) is 1.74. The third kappa shape index (κ3) is 6.06. The molecule has 0 N–H and O–H groups in total. The van der Waals surface area contributed by atoms with Gasteiger partial charge in [-0.05, 0) is 118 Å². The van der Waals surface area contributed by atoms with Crippen LogP contribution in [-0.2, 0) is 10.8 Å². The summed E-state index contributed by atoms with van der Waals surface area (Å²) in [5.41, 5.74) is -11.4. The Balaban J connectivity index is 1.35. The highest BCUT2D eigenvalue weighted by Gasteiger charge is 2.34. The smallest absolute Gasteiger partial charge is 0.159 e. The predicted molar refractivity (Wildman–Crippen MR) is 273 cm³/mol. The summed E-state index contributed by atoms with van der Waals surface area (Å²) < 4.78 is 267. The highest BCUT2D eigenvalue weighted by molar-refractivity contribution is 6.37. The van der Waals surface area contributed by atoms with Crippen LogP contribution in [0.25, 0.3) is 71.5 Å². The number of benzene rings is 8.